The highest BCUT2D eigenvalue weighted by molar-refractivity contribution is 6.31. The molecule has 0 saturated carbocycles. The first kappa shape index (κ1) is 12.2. The van der Waals surface area contributed by atoms with Gasteiger partial charge in [0.2, 0.25) is 5.91 Å². The van der Waals surface area contributed by atoms with E-state index in [1.165, 1.54) is 0 Å². The van der Waals surface area contributed by atoms with E-state index >= 15 is 0 Å². The van der Waals surface area contributed by atoms with Crippen molar-refractivity contribution in [1.29, 1.82) is 0 Å². The predicted octanol–water partition coefficient (Wildman–Crippen LogP) is 3.28. The van der Waals surface area contributed by atoms with Gasteiger partial charge in [-0.05, 0) is 43.0 Å². The van der Waals surface area contributed by atoms with Crippen molar-refractivity contribution in [3.63, 3.8) is 0 Å². The Bertz CT molecular complexity index is 448. The molecule has 0 bridgehead atoms. The summed E-state index contributed by atoms with van der Waals surface area (Å²) in [6.07, 6.45) is 5.70. The Kier molecular flexibility index (Phi) is 3.85. The third-order valence-electron chi connectivity index (χ3n) is 3.03. The first-order valence-electron chi connectivity index (χ1n) is 5.90. The molecule has 0 spiro atoms. The first-order valence-corrected chi connectivity index (χ1v) is 6.28. The number of halogens is 1. The molecule has 1 fully saturated rings. The molecule has 0 unspecified atom stereocenters. The largest absolute Gasteiger partial charge is 0.339 e. The third-order valence-corrected chi connectivity index (χ3v) is 3.44. The van der Waals surface area contributed by atoms with Gasteiger partial charge in [-0.1, -0.05) is 23.7 Å². The predicted molar refractivity (Wildman–Crippen MR) is 71.0 cm³/mol. The molecule has 0 aromatic heterocycles. The minimum Gasteiger partial charge on any atom is -0.339 e. The number of aryl methyl sites for hydroxylation is 1. The van der Waals surface area contributed by atoms with Gasteiger partial charge in [-0.15, -0.1) is 0 Å². The van der Waals surface area contributed by atoms with Crippen molar-refractivity contribution in [2.24, 2.45) is 0 Å². The molecule has 17 heavy (non-hydrogen) atoms. The van der Waals surface area contributed by atoms with Crippen LogP contribution in [0, 0.1) is 6.92 Å². The smallest absolute Gasteiger partial charge is 0.246 e. The van der Waals surface area contributed by atoms with Crippen molar-refractivity contribution in [2.75, 3.05) is 13.1 Å². The van der Waals surface area contributed by atoms with E-state index in [1.54, 1.807) is 6.08 Å². The second kappa shape index (κ2) is 5.37. The molecule has 1 heterocycles. The second-order valence-corrected chi connectivity index (χ2v) is 4.78. The Morgan fingerprint density at radius 1 is 1.35 bits per heavy atom. The summed E-state index contributed by atoms with van der Waals surface area (Å²) >= 11 is 6.03. The zero-order chi connectivity index (χ0) is 12.3. The fourth-order valence-corrected chi connectivity index (χ4v) is 2.11. The van der Waals surface area contributed by atoms with Gasteiger partial charge in [0.05, 0.1) is 0 Å². The molecule has 1 aromatic rings. The van der Waals surface area contributed by atoms with Crippen LogP contribution >= 0.6 is 11.6 Å². The first-order chi connectivity index (χ1) is 8.16. The molecule has 2 rings (SSSR count). The number of amides is 1. The maximum Gasteiger partial charge on any atom is 0.246 e. The van der Waals surface area contributed by atoms with Gasteiger partial charge in [0.25, 0.3) is 0 Å². The zero-order valence-electron chi connectivity index (χ0n) is 9.95. The number of carbonyl (C=O) groups excluding carboxylic acids is 1. The van der Waals surface area contributed by atoms with Crippen LogP contribution in [0.4, 0.5) is 0 Å². The van der Waals surface area contributed by atoms with Crippen LogP contribution in [0.5, 0.6) is 0 Å². The van der Waals surface area contributed by atoms with E-state index < -0.39 is 0 Å². The van der Waals surface area contributed by atoms with Gasteiger partial charge in [0.15, 0.2) is 0 Å². The number of benzene rings is 1. The maximum atomic E-state index is 11.8. The summed E-state index contributed by atoms with van der Waals surface area (Å²) in [5.41, 5.74) is 2.02. The molecule has 3 heteroatoms. The lowest BCUT2D eigenvalue weighted by Crippen LogP contribution is -2.25. The number of hydrogen-bond acceptors (Lipinski definition) is 1. The van der Waals surface area contributed by atoms with Crippen LogP contribution in [-0.2, 0) is 4.79 Å². The molecule has 0 N–H and O–H groups in total. The van der Waals surface area contributed by atoms with Crippen molar-refractivity contribution in [2.45, 2.75) is 19.8 Å². The van der Waals surface area contributed by atoms with Gasteiger partial charge in [-0.3, -0.25) is 4.79 Å². The number of carbonyl (C=O) groups is 1. The van der Waals surface area contributed by atoms with Gasteiger partial charge in [-0.2, -0.15) is 0 Å². The molecule has 1 amide bonds. The summed E-state index contributed by atoms with van der Waals surface area (Å²) in [6, 6.07) is 5.81. The summed E-state index contributed by atoms with van der Waals surface area (Å²) in [5, 5.41) is 0.737. The van der Waals surface area contributed by atoms with Crippen molar-refractivity contribution in [1.82, 2.24) is 4.90 Å². The SMILES string of the molecule is Cc1ccc(/C=C/C(=O)N2CCCC2)cc1Cl. The Morgan fingerprint density at radius 3 is 2.71 bits per heavy atom. The Labute approximate surface area is 107 Å². The van der Waals surface area contributed by atoms with Crippen LogP contribution in [0.25, 0.3) is 6.08 Å². The van der Waals surface area contributed by atoms with E-state index in [9.17, 15) is 4.79 Å². The summed E-state index contributed by atoms with van der Waals surface area (Å²) in [5.74, 6) is 0.0965. The minimum atomic E-state index is 0.0965. The molecule has 1 aliphatic heterocycles. The van der Waals surface area contributed by atoms with Crippen LogP contribution < -0.4 is 0 Å². The summed E-state index contributed by atoms with van der Waals surface area (Å²) in [7, 11) is 0. The highest BCUT2D eigenvalue weighted by Crippen LogP contribution is 2.17. The fourth-order valence-electron chi connectivity index (χ4n) is 1.92. The highest BCUT2D eigenvalue weighted by atomic mass is 35.5. The summed E-state index contributed by atoms with van der Waals surface area (Å²) in [6.45, 7) is 3.74. The Hall–Kier alpha value is -1.28. The van der Waals surface area contributed by atoms with Crippen molar-refractivity contribution in [3.8, 4) is 0 Å². The van der Waals surface area contributed by atoms with E-state index in [0.717, 1.165) is 42.1 Å². The Morgan fingerprint density at radius 2 is 2.06 bits per heavy atom. The van der Waals surface area contributed by atoms with E-state index in [4.69, 9.17) is 11.6 Å². The lowest BCUT2D eigenvalue weighted by Gasteiger charge is -2.11. The molecular weight excluding hydrogens is 234 g/mol. The normalized spacial score (nSPS) is 15.8. The minimum absolute atomic E-state index is 0.0965. The zero-order valence-corrected chi connectivity index (χ0v) is 10.7. The lowest BCUT2D eigenvalue weighted by molar-refractivity contribution is -0.124. The standard InChI is InChI=1S/C14H16ClNO/c1-11-4-5-12(10-13(11)15)6-7-14(17)16-8-2-3-9-16/h4-7,10H,2-3,8-9H2,1H3/b7-6+. The van der Waals surface area contributed by atoms with Crippen LogP contribution in [0.15, 0.2) is 24.3 Å². The average Bonchev–Trinajstić information content (AvgIpc) is 2.84. The van der Waals surface area contributed by atoms with Crippen molar-refractivity contribution < 1.29 is 4.79 Å². The van der Waals surface area contributed by atoms with Gasteiger partial charge in [-0.25, -0.2) is 0 Å². The maximum absolute atomic E-state index is 11.8. The van der Waals surface area contributed by atoms with E-state index in [-0.39, 0.29) is 5.91 Å². The number of likely N-dealkylation sites (tertiary alicyclic amines) is 1. The molecule has 1 aliphatic rings. The van der Waals surface area contributed by atoms with Crippen LogP contribution in [0.3, 0.4) is 0 Å². The Balaban J connectivity index is 2.04. The molecule has 1 aromatic carbocycles. The van der Waals surface area contributed by atoms with Crippen molar-refractivity contribution >= 4 is 23.6 Å². The lowest BCUT2D eigenvalue weighted by atomic mass is 10.1. The number of hydrogen-bond donors (Lipinski definition) is 0. The topological polar surface area (TPSA) is 20.3 Å². The van der Waals surface area contributed by atoms with Crippen molar-refractivity contribution in [3.05, 3.63) is 40.4 Å². The van der Waals surface area contributed by atoms with E-state index in [0.29, 0.717) is 0 Å². The van der Waals surface area contributed by atoms with E-state index in [1.807, 2.05) is 36.1 Å². The highest BCUT2D eigenvalue weighted by Gasteiger charge is 2.14. The third kappa shape index (κ3) is 3.10. The quantitative estimate of drug-likeness (QED) is 0.737. The molecule has 2 nitrogen and oxygen atoms in total. The molecule has 0 radical (unpaired) electrons. The fraction of sp³-hybridized carbons (Fsp3) is 0.357. The van der Waals surface area contributed by atoms with Gasteiger partial charge < -0.3 is 4.90 Å². The van der Waals surface area contributed by atoms with E-state index in [2.05, 4.69) is 0 Å². The van der Waals surface area contributed by atoms with Crippen LogP contribution in [0.2, 0.25) is 5.02 Å². The van der Waals surface area contributed by atoms with Gasteiger partial charge >= 0.3 is 0 Å². The monoisotopic (exact) mass is 249 g/mol. The molecular formula is C14H16ClNO. The number of nitrogens with zero attached hydrogens (tertiary/aromatic N) is 1. The van der Waals surface area contributed by atoms with Gasteiger partial charge in [0.1, 0.15) is 0 Å². The average molecular weight is 250 g/mol. The van der Waals surface area contributed by atoms with Gasteiger partial charge in [0, 0.05) is 24.2 Å². The summed E-state index contributed by atoms with van der Waals surface area (Å²) in [4.78, 5) is 13.7. The molecule has 90 valence electrons. The second-order valence-electron chi connectivity index (χ2n) is 4.37. The number of rotatable bonds is 2. The molecule has 0 atom stereocenters. The summed E-state index contributed by atoms with van der Waals surface area (Å²) < 4.78 is 0. The molecule has 1 saturated heterocycles. The van der Waals surface area contributed by atoms with Crippen LogP contribution in [0.1, 0.15) is 24.0 Å². The molecule has 0 aliphatic carbocycles. The van der Waals surface area contributed by atoms with Crippen LogP contribution in [-0.4, -0.2) is 23.9 Å².